The fraction of sp³-hybridized carbons (Fsp3) is 0.625. The van der Waals surface area contributed by atoms with Crippen LogP contribution in [0.4, 0.5) is 4.39 Å². The summed E-state index contributed by atoms with van der Waals surface area (Å²) in [6.07, 6.45) is 1.10. The Bertz CT molecular complexity index is 368. The highest BCUT2D eigenvalue weighted by Crippen LogP contribution is 2.25. The van der Waals surface area contributed by atoms with Crippen molar-refractivity contribution in [2.45, 2.75) is 46.3 Å². The van der Waals surface area contributed by atoms with Gasteiger partial charge in [-0.1, -0.05) is 32.9 Å². The van der Waals surface area contributed by atoms with Crippen molar-refractivity contribution in [3.05, 3.63) is 35.6 Å². The van der Waals surface area contributed by atoms with E-state index in [0.717, 1.165) is 18.5 Å². The molecule has 2 atom stereocenters. The second-order valence-corrected chi connectivity index (χ2v) is 5.15. The highest BCUT2D eigenvalue weighted by Gasteiger charge is 2.26. The van der Waals surface area contributed by atoms with Gasteiger partial charge in [-0.3, -0.25) is 0 Å². The first-order valence-corrected chi connectivity index (χ1v) is 7.20. The number of halogens is 1. The van der Waals surface area contributed by atoms with Gasteiger partial charge in [0.05, 0.1) is 12.1 Å². The molecule has 0 heterocycles. The monoisotopic (exact) mass is 267 g/mol. The first-order valence-electron chi connectivity index (χ1n) is 7.20. The van der Waals surface area contributed by atoms with Crippen LogP contribution in [0.3, 0.4) is 0 Å². The molecule has 0 saturated heterocycles. The minimum atomic E-state index is -0.195. The molecule has 2 unspecified atom stereocenters. The van der Waals surface area contributed by atoms with E-state index < -0.39 is 0 Å². The lowest BCUT2D eigenvalue weighted by atomic mass is 9.93. The highest BCUT2D eigenvalue weighted by molar-refractivity contribution is 5.21. The summed E-state index contributed by atoms with van der Waals surface area (Å²) in [7, 11) is 0. The quantitative estimate of drug-likeness (QED) is 0.770. The highest BCUT2D eigenvalue weighted by atomic mass is 19.1. The van der Waals surface area contributed by atoms with Crippen LogP contribution in [-0.4, -0.2) is 19.3 Å². The molecule has 2 nitrogen and oxygen atoms in total. The smallest absolute Gasteiger partial charge is 0.123 e. The van der Waals surface area contributed by atoms with E-state index >= 15 is 0 Å². The largest absolute Gasteiger partial charge is 0.376 e. The van der Waals surface area contributed by atoms with E-state index in [2.05, 4.69) is 26.1 Å². The van der Waals surface area contributed by atoms with Crippen molar-refractivity contribution in [2.24, 2.45) is 5.92 Å². The standard InChI is InChI=1S/C16H26FNO/c1-5-10-18-15(16(12(3)4)19-6-2)13-8-7-9-14(17)11-13/h7-9,11-12,15-16,18H,5-6,10H2,1-4H3. The molecule has 0 amide bonds. The van der Waals surface area contributed by atoms with Crippen LogP contribution in [0.15, 0.2) is 24.3 Å². The van der Waals surface area contributed by atoms with Gasteiger partial charge in [0.1, 0.15) is 5.82 Å². The molecule has 3 heteroatoms. The predicted molar refractivity (Wildman–Crippen MR) is 77.7 cm³/mol. The molecule has 108 valence electrons. The average molecular weight is 267 g/mol. The topological polar surface area (TPSA) is 21.3 Å². The van der Waals surface area contributed by atoms with Gasteiger partial charge in [0.15, 0.2) is 0 Å². The Morgan fingerprint density at radius 1 is 1.26 bits per heavy atom. The Hall–Kier alpha value is -0.930. The second-order valence-electron chi connectivity index (χ2n) is 5.15. The van der Waals surface area contributed by atoms with Gasteiger partial charge < -0.3 is 10.1 Å². The minimum absolute atomic E-state index is 0.0376. The lowest BCUT2D eigenvalue weighted by molar-refractivity contribution is 0.00278. The molecule has 0 saturated carbocycles. The first kappa shape index (κ1) is 16.1. The number of benzene rings is 1. The van der Waals surface area contributed by atoms with Crippen LogP contribution in [0, 0.1) is 11.7 Å². The molecule has 0 spiro atoms. The van der Waals surface area contributed by atoms with Crippen molar-refractivity contribution in [1.29, 1.82) is 0 Å². The Balaban J connectivity index is 2.97. The van der Waals surface area contributed by atoms with E-state index in [1.807, 2.05) is 13.0 Å². The molecule has 0 bridgehead atoms. The Labute approximate surface area is 116 Å². The normalized spacial score (nSPS) is 14.6. The fourth-order valence-corrected chi connectivity index (χ4v) is 2.29. The second kappa shape index (κ2) is 8.28. The molecular formula is C16H26FNO. The number of hydrogen-bond donors (Lipinski definition) is 1. The van der Waals surface area contributed by atoms with Gasteiger partial charge in [-0.15, -0.1) is 0 Å². The fourth-order valence-electron chi connectivity index (χ4n) is 2.29. The Morgan fingerprint density at radius 2 is 2.00 bits per heavy atom. The summed E-state index contributed by atoms with van der Waals surface area (Å²) in [5.41, 5.74) is 0.959. The Kier molecular flexibility index (Phi) is 7.03. The molecule has 19 heavy (non-hydrogen) atoms. The van der Waals surface area contributed by atoms with Gasteiger partial charge in [-0.25, -0.2) is 4.39 Å². The van der Waals surface area contributed by atoms with E-state index in [1.165, 1.54) is 6.07 Å². The molecule has 0 aromatic heterocycles. The molecular weight excluding hydrogens is 241 g/mol. The first-order chi connectivity index (χ1) is 9.10. The van der Waals surface area contributed by atoms with Crippen LogP contribution < -0.4 is 5.32 Å². The van der Waals surface area contributed by atoms with Crippen molar-refractivity contribution in [1.82, 2.24) is 5.32 Å². The Morgan fingerprint density at radius 3 is 2.53 bits per heavy atom. The molecule has 1 rings (SSSR count). The molecule has 1 N–H and O–H groups in total. The third-order valence-corrected chi connectivity index (χ3v) is 3.17. The van der Waals surface area contributed by atoms with E-state index in [-0.39, 0.29) is 18.0 Å². The molecule has 0 fully saturated rings. The number of hydrogen-bond acceptors (Lipinski definition) is 2. The van der Waals surface area contributed by atoms with Gasteiger partial charge in [-0.2, -0.15) is 0 Å². The molecule has 0 aliphatic heterocycles. The van der Waals surface area contributed by atoms with Crippen molar-refractivity contribution < 1.29 is 9.13 Å². The van der Waals surface area contributed by atoms with Gasteiger partial charge in [0, 0.05) is 6.61 Å². The summed E-state index contributed by atoms with van der Waals surface area (Å²) in [5.74, 6) is 0.178. The zero-order valence-corrected chi connectivity index (χ0v) is 12.4. The van der Waals surface area contributed by atoms with Crippen LogP contribution in [0.2, 0.25) is 0 Å². The lowest BCUT2D eigenvalue weighted by Crippen LogP contribution is -2.37. The van der Waals surface area contributed by atoms with Crippen molar-refractivity contribution in [2.75, 3.05) is 13.2 Å². The van der Waals surface area contributed by atoms with Crippen LogP contribution in [0.25, 0.3) is 0 Å². The van der Waals surface area contributed by atoms with Gasteiger partial charge in [-0.05, 0) is 43.5 Å². The van der Waals surface area contributed by atoms with Gasteiger partial charge in [0.2, 0.25) is 0 Å². The summed E-state index contributed by atoms with van der Waals surface area (Å²) < 4.78 is 19.3. The summed E-state index contributed by atoms with van der Waals surface area (Å²) in [6, 6.07) is 6.84. The van der Waals surface area contributed by atoms with Gasteiger partial charge >= 0.3 is 0 Å². The maximum Gasteiger partial charge on any atom is 0.123 e. The van der Waals surface area contributed by atoms with E-state index in [4.69, 9.17) is 4.74 Å². The van der Waals surface area contributed by atoms with Crippen LogP contribution in [0.1, 0.15) is 45.7 Å². The maximum atomic E-state index is 13.4. The summed E-state index contributed by atoms with van der Waals surface area (Å²) in [5, 5.41) is 3.49. The van der Waals surface area contributed by atoms with E-state index in [9.17, 15) is 4.39 Å². The molecule has 0 aliphatic rings. The van der Waals surface area contributed by atoms with Crippen LogP contribution in [0.5, 0.6) is 0 Å². The lowest BCUT2D eigenvalue weighted by Gasteiger charge is -2.31. The van der Waals surface area contributed by atoms with Crippen molar-refractivity contribution in [3.63, 3.8) is 0 Å². The van der Waals surface area contributed by atoms with E-state index in [1.54, 1.807) is 12.1 Å². The van der Waals surface area contributed by atoms with Crippen molar-refractivity contribution in [3.8, 4) is 0 Å². The number of nitrogens with one attached hydrogen (secondary N) is 1. The SMILES string of the molecule is CCCNC(c1cccc(F)c1)C(OCC)C(C)C. The molecule has 1 aromatic carbocycles. The zero-order chi connectivity index (χ0) is 14.3. The molecule has 0 radical (unpaired) electrons. The molecule has 1 aromatic rings. The van der Waals surface area contributed by atoms with Crippen LogP contribution >= 0.6 is 0 Å². The maximum absolute atomic E-state index is 13.4. The van der Waals surface area contributed by atoms with E-state index in [0.29, 0.717) is 12.5 Å². The number of ether oxygens (including phenoxy) is 1. The van der Waals surface area contributed by atoms with Gasteiger partial charge in [0.25, 0.3) is 0 Å². The average Bonchev–Trinajstić information content (AvgIpc) is 2.37. The minimum Gasteiger partial charge on any atom is -0.376 e. The molecule has 0 aliphatic carbocycles. The summed E-state index contributed by atoms with van der Waals surface area (Å²) in [6.45, 7) is 9.97. The third kappa shape index (κ3) is 4.92. The summed E-state index contributed by atoms with van der Waals surface area (Å²) >= 11 is 0. The van der Waals surface area contributed by atoms with Crippen LogP contribution in [-0.2, 0) is 4.74 Å². The number of rotatable bonds is 8. The predicted octanol–water partition coefficient (Wildman–Crippen LogP) is 3.93. The summed E-state index contributed by atoms with van der Waals surface area (Å²) in [4.78, 5) is 0. The third-order valence-electron chi connectivity index (χ3n) is 3.17. The van der Waals surface area contributed by atoms with Crippen molar-refractivity contribution >= 4 is 0 Å². The zero-order valence-electron chi connectivity index (χ0n) is 12.4.